The summed E-state index contributed by atoms with van der Waals surface area (Å²) in [6, 6.07) is 11.1. The van der Waals surface area contributed by atoms with Gasteiger partial charge < -0.3 is 16.0 Å². The summed E-state index contributed by atoms with van der Waals surface area (Å²) < 4.78 is 79.9. The molecule has 0 radical (unpaired) electrons. The van der Waals surface area contributed by atoms with E-state index in [0.29, 0.717) is 6.07 Å². The van der Waals surface area contributed by atoms with E-state index in [2.05, 4.69) is 10.6 Å². The van der Waals surface area contributed by atoms with E-state index < -0.39 is 47.2 Å². The summed E-state index contributed by atoms with van der Waals surface area (Å²) in [5, 5.41) is 6.42. The molecule has 3 aromatic rings. The van der Waals surface area contributed by atoms with Crippen LogP contribution in [0.4, 0.5) is 48.2 Å². The maximum Gasteiger partial charge on any atom is 0.418 e. The summed E-state index contributed by atoms with van der Waals surface area (Å²) in [5.74, 6) is -2.00. The Bertz CT molecular complexity index is 1180. The number of benzene rings is 3. The van der Waals surface area contributed by atoms with Crippen LogP contribution in [-0.4, -0.2) is 11.9 Å². The number of carbonyl (C=O) groups is 2. The first-order chi connectivity index (χ1) is 15.5. The van der Waals surface area contributed by atoms with E-state index in [-0.39, 0.29) is 16.9 Å². The van der Waals surface area contributed by atoms with Crippen LogP contribution in [0.5, 0.6) is 0 Å². The Labute approximate surface area is 183 Å². The van der Waals surface area contributed by atoms with E-state index in [4.69, 9.17) is 0 Å². The van der Waals surface area contributed by atoms with Gasteiger partial charge in [-0.2, -0.15) is 13.2 Å². The number of rotatable bonds is 5. The van der Waals surface area contributed by atoms with E-state index >= 15 is 0 Å². The molecule has 0 unspecified atom stereocenters. The summed E-state index contributed by atoms with van der Waals surface area (Å²) in [6.07, 6.45) is -7.69. The first-order valence-corrected chi connectivity index (χ1v) is 9.28. The van der Waals surface area contributed by atoms with Gasteiger partial charge in [-0.05, 0) is 42.5 Å². The SMILES string of the molecule is O=C(Nc1cccc(C(F)F)c1)Nc1ccc(NC(=O)c2ccccc2F)c(C(F)(F)F)c1. The lowest BCUT2D eigenvalue weighted by Crippen LogP contribution is -2.21. The van der Waals surface area contributed by atoms with Crippen molar-refractivity contribution in [2.75, 3.05) is 16.0 Å². The van der Waals surface area contributed by atoms with Crippen molar-refractivity contribution in [1.82, 2.24) is 0 Å². The molecule has 172 valence electrons. The van der Waals surface area contributed by atoms with Gasteiger partial charge in [-0.3, -0.25) is 4.79 Å². The smallest absolute Gasteiger partial charge is 0.321 e. The molecule has 0 aliphatic rings. The Kier molecular flexibility index (Phi) is 6.90. The molecule has 0 fully saturated rings. The average Bonchev–Trinajstić information content (AvgIpc) is 2.74. The quantitative estimate of drug-likeness (QED) is 0.367. The highest BCUT2D eigenvalue weighted by molar-refractivity contribution is 6.05. The molecule has 3 amide bonds. The molecule has 5 nitrogen and oxygen atoms in total. The van der Waals surface area contributed by atoms with Gasteiger partial charge in [0.1, 0.15) is 5.82 Å². The Morgan fingerprint density at radius 3 is 2.09 bits per heavy atom. The molecular weight excluding hydrogens is 452 g/mol. The van der Waals surface area contributed by atoms with Gasteiger partial charge in [-0.1, -0.05) is 24.3 Å². The highest BCUT2D eigenvalue weighted by atomic mass is 19.4. The fourth-order valence-corrected chi connectivity index (χ4v) is 2.85. The summed E-state index contributed by atoms with van der Waals surface area (Å²) in [4.78, 5) is 24.3. The standard InChI is InChI=1S/C22H15F6N3O2/c23-17-7-2-1-6-15(17)20(32)31-18-9-8-14(11-16(18)22(26,27)28)30-21(33)29-13-5-3-4-12(10-13)19(24)25/h1-11,19H,(H,31,32)(H2,29,30,33). The summed E-state index contributed by atoms with van der Waals surface area (Å²) >= 11 is 0. The normalized spacial score (nSPS) is 11.2. The lowest BCUT2D eigenvalue weighted by Gasteiger charge is -2.16. The van der Waals surface area contributed by atoms with Crippen molar-refractivity contribution in [3.8, 4) is 0 Å². The molecule has 0 aliphatic carbocycles. The third-order valence-corrected chi connectivity index (χ3v) is 4.35. The van der Waals surface area contributed by atoms with Crippen molar-refractivity contribution in [3.05, 3.63) is 89.2 Å². The second-order valence-electron chi connectivity index (χ2n) is 6.70. The third-order valence-electron chi connectivity index (χ3n) is 4.35. The first-order valence-electron chi connectivity index (χ1n) is 9.28. The number of hydrogen-bond donors (Lipinski definition) is 3. The van der Waals surface area contributed by atoms with Gasteiger partial charge in [0.15, 0.2) is 0 Å². The zero-order chi connectivity index (χ0) is 24.2. The van der Waals surface area contributed by atoms with Gasteiger partial charge in [-0.15, -0.1) is 0 Å². The molecule has 33 heavy (non-hydrogen) atoms. The second kappa shape index (κ2) is 9.63. The van der Waals surface area contributed by atoms with Crippen LogP contribution < -0.4 is 16.0 Å². The molecule has 0 aliphatic heterocycles. The van der Waals surface area contributed by atoms with Gasteiger partial charge in [0, 0.05) is 16.9 Å². The third kappa shape index (κ3) is 6.03. The van der Waals surface area contributed by atoms with Crippen molar-refractivity contribution in [2.24, 2.45) is 0 Å². The Balaban J connectivity index is 1.79. The molecule has 0 aromatic heterocycles. The number of hydrogen-bond acceptors (Lipinski definition) is 2. The fraction of sp³-hybridized carbons (Fsp3) is 0.0909. The zero-order valence-electron chi connectivity index (χ0n) is 16.5. The number of anilines is 3. The molecule has 0 saturated heterocycles. The zero-order valence-corrected chi connectivity index (χ0v) is 16.5. The number of carbonyl (C=O) groups excluding carboxylic acids is 2. The van der Waals surface area contributed by atoms with Crippen molar-refractivity contribution >= 4 is 29.0 Å². The molecule has 3 rings (SSSR count). The molecule has 0 saturated carbocycles. The second-order valence-corrected chi connectivity index (χ2v) is 6.70. The van der Waals surface area contributed by atoms with Crippen LogP contribution in [0, 0.1) is 5.82 Å². The molecule has 0 heterocycles. The Morgan fingerprint density at radius 1 is 0.788 bits per heavy atom. The number of alkyl halides is 5. The molecular formula is C22H15F6N3O2. The molecule has 3 aromatic carbocycles. The van der Waals surface area contributed by atoms with E-state index in [9.17, 15) is 35.9 Å². The van der Waals surface area contributed by atoms with Crippen molar-refractivity contribution < 1.29 is 35.9 Å². The van der Waals surface area contributed by atoms with Gasteiger partial charge in [0.2, 0.25) is 0 Å². The summed E-state index contributed by atoms with van der Waals surface area (Å²) in [7, 11) is 0. The number of urea groups is 1. The molecule has 0 spiro atoms. The summed E-state index contributed by atoms with van der Waals surface area (Å²) in [6.45, 7) is 0. The van der Waals surface area contributed by atoms with Crippen LogP contribution in [0.15, 0.2) is 66.7 Å². The Morgan fingerprint density at radius 2 is 1.45 bits per heavy atom. The summed E-state index contributed by atoms with van der Waals surface area (Å²) in [5.41, 5.74) is -3.00. The highest BCUT2D eigenvalue weighted by Crippen LogP contribution is 2.37. The van der Waals surface area contributed by atoms with Crippen LogP contribution in [0.3, 0.4) is 0 Å². The van der Waals surface area contributed by atoms with E-state index in [1.165, 1.54) is 24.3 Å². The van der Waals surface area contributed by atoms with Crippen LogP contribution in [0.1, 0.15) is 27.9 Å². The predicted molar refractivity (Wildman–Crippen MR) is 110 cm³/mol. The maximum atomic E-state index is 13.8. The predicted octanol–water partition coefficient (Wildman–Crippen LogP) is 6.68. The number of halogens is 6. The maximum absolute atomic E-state index is 13.8. The minimum absolute atomic E-state index is 0.00937. The van der Waals surface area contributed by atoms with Gasteiger partial charge in [0.05, 0.1) is 16.8 Å². The minimum atomic E-state index is -4.92. The van der Waals surface area contributed by atoms with Gasteiger partial charge in [0.25, 0.3) is 12.3 Å². The van der Waals surface area contributed by atoms with Gasteiger partial charge in [-0.25, -0.2) is 18.0 Å². The van der Waals surface area contributed by atoms with Gasteiger partial charge >= 0.3 is 12.2 Å². The molecule has 0 bridgehead atoms. The van der Waals surface area contributed by atoms with Crippen LogP contribution >= 0.6 is 0 Å². The fourth-order valence-electron chi connectivity index (χ4n) is 2.85. The molecule has 0 atom stereocenters. The van der Waals surface area contributed by atoms with Crippen molar-refractivity contribution in [1.29, 1.82) is 0 Å². The topological polar surface area (TPSA) is 70.2 Å². The van der Waals surface area contributed by atoms with Crippen LogP contribution in [0.2, 0.25) is 0 Å². The Hall–Kier alpha value is -4.02. The van der Waals surface area contributed by atoms with Crippen molar-refractivity contribution in [2.45, 2.75) is 12.6 Å². The average molecular weight is 467 g/mol. The molecule has 3 N–H and O–H groups in total. The number of nitrogens with one attached hydrogen (secondary N) is 3. The highest BCUT2D eigenvalue weighted by Gasteiger charge is 2.34. The largest absolute Gasteiger partial charge is 0.418 e. The van der Waals surface area contributed by atoms with Crippen molar-refractivity contribution in [3.63, 3.8) is 0 Å². The lowest BCUT2D eigenvalue weighted by molar-refractivity contribution is -0.136. The minimum Gasteiger partial charge on any atom is -0.321 e. The number of amides is 3. The lowest BCUT2D eigenvalue weighted by atomic mass is 10.1. The van der Waals surface area contributed by atoms with E-state index in [0.717, 1.165) is 36.4 Å². The van der Waals surface area contributed by atoms with E-state index in [1.807, 2.05) is 5.32 Å². The first kappa shape index (κ1) is 23.6. The molecule has 11 heteroatoms. The van der Waals surface area contributed by atoms with Crippen LogP contribution in [0.25, 0.3) is 0 Å². The van der Waals surface area contributed by atoms with Crippen LogP contribution in [-0.2, 0) is 6.18 Å². The van der Waals surface area contributed by atoms with E-state index in [1.54, 1.807) is 0 Å². The monoisotopic (exact) mass is 467 g/mol.